The Labute approximate surface area is 339 Å². The summed E-state index contributed by atoms with van der Waals surface area (Å²) in [5, 5.41) is 6.76. The summed E-state index contributed by atoms with van der Waals surface area (Å²) < 4.78 is 46.7. The number of sulfonamides is 1. The molecule has 10 atom stereocenters. The molecule has 16 heteroatoms. The van der Waals surface area contributed by atoms with Gasteiger partial charge in [-0.25, -0.2) is 18.2 Å². The van der Waals surface area contributed by atoms with Crippen molar-refractivity contribution in [3.8, 4) is 11.6 Å². The Balaban J connectivity index is 1.02. The number of benzene rings is 1. The zero-order valence-electron chi connectivity index (χ0n) is 33.4. The van der Waals surface area contributed by atoms with E-state index in [1.54, 1.807) is 6.20 Å². The molecule has 15 nitrogen and oxygen atoms in total. The highest BCUT2D eigenvalue weighted by atomic mass is 32.2. The SMILES string of the molecule is C[C@H]1CC/C=C\C2C[C@@]2(C(=O)NS(=O)(=O)C2CC2)NC(=O)[C@@H]2C[C@@H](Oc3nccc4c5c(ccc34)N(C)CCO5)CN2C(=O)[C@@H](NC(=O)OC2C[C@@H]3C[C@@H]3C2)[C@H](C)C1. The Hall–Kier alpha value is -4.60. The number of rotatable bonds is 7. The summed E-state index contributed by atoms with van der Waals surface area (Å²) in [6, 6.07) is 3.64. The first-order valence-corrected chi connectivity index (χ1v) is 22.6. The fourth-order valence-electron chi connectivity index (χ4n) is 9.86. The number of likely N-dealkylation sites (N-methyl/N-ethyl adjacent to an activating group) is 1. The predicted octanol–water partition coefficient (Wildman–Crippen LogP) is 3.80. The summed E-state index contributed by atoms with van der Waals surface area (Å²) in [6.07, 6.45) is 10.2. The molecule has 312 valence electrons. The number of hydrogen-bond acceptors (Lipinski definition) is 11. The number of allylic oxidation sites excluding steroid dienone is 1. The molecule has 7 aliphatic rings. The van der Waals surface area contributed by atoms with Crippen LogP contribution < -0.4 is 29.7 Å². The molecule has 5 fully saturated rings. The molecule has 2 unspecified atom stereocenters. The Morgan fingerprint density at radius 1 is 1.00 bits per heavy atom. The smallest absolute Gasteiger partial charge is 0.408 e. The number of anilines is 1. The lowest BCUT2D eigenvalue weighted by Crippen LogP contribution is -2.59. The summed E-state index contributed by atoms with van der Waals surface area (Å²) in [4.78, 5) is 65.0. The van der Waals surface area contributed by atoms with Crippen LogP contribution in [0.15, 0.2) is 36.5 Å². The highest BCUT2D eigenvalue weighted by Crippen LogP contribution is 2.52. The Bertz CT molecular complexity index is 2140. The molecule has 0 bridgehead atoms. The number of ether oxygens (including phenoxy) is 3. The summed E-state index contributed by atoms with van der Waals surface area (Å²) in [7, 11) is -1.89. The van der Waals surface area contributed by atoms with E-state index >= 15 is 0 Å². The van der Waals surface area contributed by atoms with Gasteiger partial charge in [0, 0.05) is 36.4 Å². The molecule has 3 N–H and O–H groups in total. The molecule has 1 aromatic heterocycles. The van der Waals surface area contributed by atoms with E-state index in [0.717, 1.165) is 42.6 Å². The molecule has 3 aliphatic heterocycles. The van der Waals surface area contributed by atoms with Crippen molar-refractivity contribution in [2.45, 2.75) is 113 Å². The van der Waals surface area contributed by atoms with Gasteiger partial charge in [0.1, 0.15) is 36.4 Å². The fraction of sp³-hybridized carbons (Fsp3) is 0.643. The van der Waals surface area contributed by atoms with Gasteiger partial charge in [0.15, 0.2) is 5.75 Å². The lowest BCUT2D eigenvalue weighted by molar-refractivity contribution is -0.142. The molecule has 58 heavy (non-hydrogen) atoms. The zero-order chi connectivity index (χ0) is 40.5. The average molecular weight is 819 g/mol. The van der Waals surface area contributed by atoms with E-state index in [9.17, 15) is 27.6 Å². The molecule has 1 saturated heterocycles. The first-order valence-electron chi connectivity index (χ1n) is 21.0. The van der Waals surface area contributed by atoms with Crippen LogP contribution in [0.5, 0.6) is 11.6 Å². The molecule has 4 aliphatic carbocycles. The number of pyridine rings is 1. The quantitative estimate of drug-likeness (QED) is 0.346. The average Bonchev–Trinajstić information content (AvgIpc) is 4.15. The minimum atomic E-state index is -3.90. The minimum Gasteiger partial charge on any atom is -0.489 e. The molecule has 4 saturated carbocycles. The highest BCUT2D eigenvalue weighted by molar-refractivity contribution is 7.91. The van der Waals surface area contributed by atoms with Crippen molar-refractivity contribution in [1.82, 2.24) is 25.2 Å². The monoisotopic (exact) mass is 818 g/mol. The minimum absolute atomic E-state index is 0.000755. The first kappa shape index (κ1) is 38.9. The number of carbonyl (C=O) groups is 4. The fourth-order valence-corrected chi connectivity index (χ4v) is 11.2. The third kappa shape index (κ3) is 7.56. The second kappa shape index (κ2) is 14.9. The van der Waals surface area contributed by atoms with Crippen LogP contribution in [0.1, 0.15) is 78.1 Å². The van der Waals surface area contributed by atoms with Crippen LogP contribution in [-0.2, 0) is 29.1 Å². The Kier molecular flexibility index (Phi) is 9.99. The van der Waals surface area contributed by atoms with E-state index in [1.807, 2.05) is 44.3 Å². The number of nitrogens with one attached hydrogen (secondary N) is 3. The van der Waals surface area contributed by atoms with Gasteiger partial charge in [0.2, 0.25) is 27.7 Å². The number of hydrogen-bond donors (Lipinski definition) is 3. The number of alkyl carbamates (subject to hydrolysis) is 1. The normalized spacial score (nSPS) is 35.1. The maximum atomic E-state index is 14.9. The van der Waals surface area contributed by atoms with Crippen LogP contribution in [0.3, 0.4) is 0 Å². The maximum Gasteiger partial charge on any atom is 0.408 e. The van der Waals surface area contributed by atoms with Crippen LogP contribution >= 0.6 is 0 Å². The lowest BCUT2D eigenvalue weighted by atomic mass is 9.88. The van der Waals surface area contributed by atoms with Crippen LogP contribution in [0.25, 0.3) is 10.8 Å². The van der Waals surface area contributed by atoms with Gasteiger partial charge in [-0.05, 0) is 99.7 Å². The number of carbonyl (C=O) groups excluding carboxylic acids is 4. The molecule has 2 aromatic rings. The van der Waals surface area contributed by atoms with Gasteiger partial charge in [-0.1, -0.05) is 26.0 Å². The van der Waals surface area contributed by atoms with Crippen LogP contribution in [0.4, 0.5) is 10.5 Å². The molecule has 4 amide bonds. The van der Waals surface area contributed by atoms with E-state index in [4.69, 9.17) is 14.2 Å². The molecule has 0 spiro atoms. The maximum absolute atomic E-state index is 14.9. The predicted molar refractivity (Wildman–Crippen MR) is 213 cm³/mol. The second-order valence-electron chi connectivity index (χ2n) is 18.0. The van der Waals surface area contributed by atoms with Crippen LogP contribution in [0.2, 0.25) is 0 Å². The van der Waals surface area contributed by atoms with Gasteiger partial charge in [0.05, 0.1) is 24.0 Å². The molecule has 9 rings (SSSR count). The van der Waals surface area contributed by atoms with Crippen LogP contribution in [-0.4, -0.2) is 104 Å². The summed E-state index contributed by atoms with van der Waals surface area (Å²) in [5.41, 5.74) is -0.555. The van der Waals surface area contributed by atoms with E-state index in [-0.39, 0.29) is 37.3 Å². The van der Waals surface area contributed by atoms with Crippen LogP contribution in [0, 0.1) is 29.6 Å². The van der Waals surface area contributed by atoms with Gasteiger partial charge in [-0.15, -0.1) is 0 Å². The number of aromatic nitrogens is 1. The molecule has 0 radical (unpaired) electrons. The number of fused-ring (bicyclic) bond motifs is 6. The van der Waals surface area contributed by atoms with Crippen molar-refractivity contribution in [2.75, 3.05) is 31.6 Å². The standard InChI is InChI=1S/C42H54N6O9S/c1-23-6-4-5-7-27-21-42(27,40(51)46-58(53,54)30-8-9-30)45-37(49)34-20-29(56-38-32-10-11-33-36(31(32)12-13-43-38)55-15-14-47(33)3)22-48(34)39(50)35(24(2)16-23)44-41(52)57-28-18-25-17-26(25)19-28/h5,7,10-13,23-30,34-35H,4,6,8-9,14-22H2,1-3H3,(H,44,52)(H,45,49)(H,46,51)/b7-5-/t23-,24+,25-,26+,27?,28?,29+,34-,35-,42+/m0/s1. The van der Waals surface area contributed by atoms with Gasteiger partial charge in [-0.3, -0.25) is 19.1 Å². The number of nitrogens with zero attached hydrogens (tertiary/aromatic N) is 3. The van der Waals surface area contributed by atoms with E-state index < -0.39 is 68.7 Å². The van der Waals surface area contributed by atoms with Crippen molar-refractivity contribution >= 4 is 50.3 Å². The third-order valence-corrected chi connectivity index (χ3v) is 15.4. The largest absolute Gasteiger partial charge is 0.489 e. The highest BCUT2D eigenvalue weighted by Gasteiger charge is 2.62. The Morgan fingerprint density at radius 2 is 1.79 bits per heavy atom. The number of amides is 4. The van der Waals surface area contributed by atoms with E-state index in [1.165, 1.54) is 11.3 Å². The molecule has 1 aromatic carbocycles. The summed E-state index contributed by atoms with van der Waals surface area (Å²) in [5.74, 6) is -0.147. The lowest BCUT2D eigenvalue weighted by Gasteiger charge is -2.33. The second-order valence-corrected chi connectivity index (χ2v) is 20.0. The Morgan fingerprint density at radius 3 is 2.57 bits per heavy atom. The third-order valence-electron chi connectivity index (χ3n) is 13.6. The van der Waals surface area contributed by atoms with Gasteiger partial charge < -0.3 is 34.6 Å². The van der Waals surface area contributed by atoms with Crippen molar-refractivity contribution in [3.63, 3.8) is 0 Å². The van der Waals surface area contributed by atoms with E-state index in [0.29, 0.717) is 55.4 Å². The van der Waals surface area contributed by atoms with Crippen molar-refractivity contribution in [2.24, 2.45) is 29.6 Å². The molecular weight excluding hydrogens is 765 g/mol. The molecule has 4 heterocycles. The van der Waals surface area contributed by atoms with Gasteiger partial charge in [0.25, 0.3) is 5.91 Å². The summed E-state index contributed by atoms with van der Waals surface area (Å²) >= 11 is 0. The summed E-state index contributed by atoms with van der Waals surface area (Å²) in [6.45, 7) is 5.33. The van der Waals surface area contributed by atoms with Crippen molar-refractivity contribution in [3.05, 3.63) is 36.5 Å². The zero-order valence-corrected chi connectivity index (χ0v) is 34.2. The topological polar surface area (TPSA) is 186 Å². The van der Waals surface area contributed by atoms with Gasteiger partial charge in [-0.2, -0.15) is 0 Å². The van der Waals surface area contributed by atoms with Crippen molar-refractivity contribution in [1.29, 1.82) is 0 Å². The van der Waals surface area contributed by atoms with Crippen molar-refractivity contribution < 1.29 is 41.8 Å². The van der Waals surface area contributed by atoms with Gasteiger partial charge >= 0.3 is 6.09 Å². The molecular formula is C42H54N6O9S. The first-order chi connectivity index (χ1) is 27.8. The van der Waals surface area contributed by atoms with E-state index in [2.05, 4.69) is 32.2 Å².